The molecule has 10 nitrogen and oxygen atoms in total. The molecule has 31 heavy (non-hydrogen) atoms. The van der Waals surface area contributed by atoms with E-state index < -0.39 is 20.0 Å². The first kappa shape index (κ1) is 21.4. The van der Waals surface area contributed by atoms with E-state index >= 15 is 0 Å². The molecule has 2 heterocycles. The molecule has 0 spiro atoms. The van der Waals surface area contributed by atoms with Crippen LogP contribution in [0.2, 0.25) is 0 Å². The highest BCUT2D eigenvalue weighted by molar-refractivity contribution is 7.92. The van der Waals surface area contributed by atoms with E-state index in [0.29, 0.717) is 24.5 Å². The third-order valence-electron chi connectivity index (χ3n) is 5.07. The minimum Gasteiger partial charge on any atom is -0.280 e. The Hall–Kier alpha value is -2.83. The lowest BCUT2D eigenvalue weighted by molar-refractivity contribution is 0.423. The van der Waals surface area contributed by atoms with Crippen LogP contribution in [0.25, 0.3) is 5.69 Å². The second-order valence-corrected chi connectivity index (χ2v) is 10.8. The fraction of sp³-hybridized carbons (Fsp3) is 0.316. The summed E-state index contributed by atoms with van der Waals surface area (Å²) in [7, 11) is -7.51. The lowest BCUT2D eigenvalue weighted by Crippen LogP contribution is -2.31. The predicted molar refractivity (Wildman–Crippen MR) is 114 cm³/mol. The number of sulfonamides is 2. The summed E-state index contributed by atoms with van der Waals surface area (Å²) in [5, 5.41) is 10.9. The Kier molecular flexibility index (Phi) is 6.03. The smallest absolute Gasteiger partial charge is 0.261 e. The molecule has 164 valence electrons. The number of nitrogens with one attached hydrogen (secondary N) is 1. The van der Waals surface area contributed by atoms with Crippen molar-refractivity contribution in [1.29, 1.82) is 0 Å². The fourth-order valence-electron chi connectivity index (χ4n) is 3.40. The highest BCUT2D eigenvalue weighted by atomic mass is 32.2. The van der Waals surface area contributed by atoms with Crippen molar-refractivity contribution in [2.45, 2.75) is 35.5 Å². The average Bonchev–Trinajstić information content (AvgIpc) is 3.15. The fourth-order valence-corrected chi connectivity index (χ4v) is 5.97. The Bertz CT molecular complexity index is 1220. The summed E-state index contributed by atoms with van der Waals surface area (Å²) in [5.41, 5.74) is 1.04. The predicted octanol–water partition coefficient (Wildman–Crippen LogP) is 2.03. The molecule has 1 aliphatic heterocycles. The Morgan fingerprint density at radius 3 is 1.97 bits per heavy atom. The van der Waals surface area contributed by atoms with Crippen molar-refractivity contribution >= 4 is 25.7 Å². The minimum atomic E-state index is -3.88. The van der Waals surface area contributed by atoms with Gasteiger partial charge in [-0.3, -0.25) is 4.72 Å². The molecule has 12 heteroatoms. The van der Waals surface area contributed by atoms with E-state index in [0.717, 1.165) is 25.7 Å². The summed E-state index contributed by atoms with van der Waals surface area (Å²) >= 11 is 0. The van der Waals surface area contributed by atoms with E-state index in [9.17, 15) is 16.8 Å². The van der Waals surface area contributed by atoms with Gasteiger partial charge in [0.1, 0.15) is 6.33 Å². The van der Waals surface area contributed by atoms with Crippen LogP contribution in [0.15, 0.2) is 64.6 Å². The maximum Gasteiger partial charge on any atom is 0.261 e. The Morgan fingerprint density at radius 1 is 0.774 bits per heavy atom. The van der Waals surface area contributed by atoms with Gasteiger partial charge in [-0.05, 0) is 71.8 Å². The van der Waals surface area contributed by atoms with Crippen LogP contribution in [0.5, 0.6) is 0 Å². The van der Waals surface area contributed by atoms with Crippen LogP contribution < -0.4 is 4.72 Å². The van der Waals surface area contributed by atoms with E-state index in [1.165, 1.54) is 39.6 Å². The number of benzene rings is 2. The van der Waals surface area contributed by atoms with Crippen molar-refractivity contribution in [1.82, 2.24) is 24.5 Å². The van der Waals surface area contributed by atoms with Crippen LogP contribution in [-0.4, -0.2) is 54.4 Å². The number of tetrazole rings is 1. The van der Waals surface area contributed by atoms with Gasteiger partial charge in [0.15, 0.2) is 0 Å². The number of rotatable bonds is 6. The lowest BCUT2D eigenvalue weighted by atomic mass is 10.2. The summed E-state index contributed by atoms with van der Waals surface area (Å²) < 4.78 is 56.6. The molecule has 0 atom stereocenters. The monoisotopic (exact) mass is 462 g/mol. The summed E-state index contributed by atoms with van der Waals surface area (Å²) in [6, 6.07) is 11.8. The second kappa shape index (κ2) is 8.73. The maximum absolute atomic E-state index is 12.9. The molecule has 1 aromatic heterocycles. The van der Waals surface area contributed by atoms with Gasteiger partial charge in [-0.2, -0.15) is 4.31 Å². The molecular formula is C19H22N6O4S2. The zero-order chi connectivity index (χ0) is 21.9. The van der Waals surface area contributed by atoms with Gasteiger partial charge in [0, 0.05) is 18.8 Å². The molecule has 2 aromatic carbocycles. The van der Waals surface area contributed by atoms with E-state index in [2.05, 4.69) is 20.2 Å². The summed E-state index contributed by atoms with van der Waals surface area (Å²) in [6.07, 6.45) is 5.14. The van der Waals surface area contributed by atoms with Crippen molar-refractivity contribution in [2.24, 2.45) is 0 Å². The largest absolute Gasteiger partial charge is 0.280 e. The molecule has 0 unspecified atom stereocenters. The Labute approximate surface area is 181 Å². The van der Waals surface area contributed by atoms with Crippen LogP contribution in [-0.2, 0) is 20.0 Å². The van der Waals surface area contributed by atoms with Gasteiger partial charge in [-0.1, -0.05) is 12.8 Å². The molecule has 4 rings (SSSR count). The van der Waals surface area contributed by atoms with Gasteiger partial charge in [-0.15, -0.1) is 5.10 Å². The van der Waals surface area contributed by atoms with Crippen molar-refractivity contribution in [3.63, 3.8) is 0 Å². The third-order valence-corrected chi connectivity index (χ3v) is 8.38. The third kappa shape index (κ3) is 4.75. The zero-order valence-corrected chi connectivity index (χ0v) is 18.3. The molecule has 1 fully saturated rings. The minimum absolute atomic E-state index is 0.0214. The van der Waals surface area contributed by atoms with Crippen molar-refractivity contribution in [3.8, 4) is 5.69 Å². The van der Waals surface area contributed by atoms with E-state index in [-0.39, 0.29) is 9.79 Å². The maximum atomic E-state index is 12.9. The molecule has 0 saturated carbocycles. The highest BCUT2D eigenvalue weighted by Gasteiger charge is 2.25. The number of hydrogen-bond donors (Lipinski definition) is 1. The topological polar surface area (TPSA) is 127 Å². The van der Waals surface area contributed by atoms with E-state index in [1.807, 2.05) is 0 Å². The van der Waals surface area contributed by atoms with Crippen LogP contribution >= 0.6 is 0 Å². The van der Waals surface area contributed by atoms with Gasteiger partial charge in [0.25, 0.3) is 10.0 Å². The van der Waals surface area contributed by atoms with Crippen molar-refractivity contribution in [3.05, 3.63) is 54.9 Å². The van der Waals surface area contributed by atoms with Crippen LogP contribution in [0, 0.1) is 0 Å². The van der Waals surface area contributed by atoms with Crippen LogP contribution in [0.1, 0.15) is 25.7 Å². The molecule has 0 radical (unpaired) electrons. The normalized spacial score (nSPS) is 16.0. The molecule has 0 bridgehead atoms. The first-order valence-electron chi connectivity index (χ1n) is 9.83. The van der Waals surface area contributed by atoms with Crippen molar-refractivity contribution in [2.75, 3.05) is 17.8 Å². The molecule has 1 aliphatic rings. The summed E-state index contributed by atoms with van der Waals surface area (Å²) in [4.78, 5) is 0.0750. The Balaban J connectivity index is 1.50. The number of nitrogens with zero attached hydrogens (tertiary/aromatic N) is 5. The van der Waals surface area contributed by atoms with Gasteiger partial charge in [0.05, 0.1) is 15.5 Å². The quantitative estimate of drug-likeness (QED) is 0.594. The van der Waals surface area contributed by atoms with Gasteiger partial charge >= 0.3 is 0 Å². The number of aromatic nitrogens is 4. The molecule has 1 N–H and O–H groups in total. The molecular weight excluding hydrogens is 440 g/mol. The number of hydrogen-bond acceptors (Lipinski definition) is 7. The Morgan fingerprint density at radius 2 is 1.39 bits per heavy atom. The van der Waals surface area contributed by atoms with Gasteiger partial charge in [0.2, 0.25) is 10.0 Å². The molecule has 0 amide bonds. The number of anilines is 1. The highest BCUT2D eigenvalue weighted by Crippen LogP contribution is 2.23. The van der Waals surface area contributed by atoms with Gasteiger partial charge < -0.3 is 0 Å². The standard InChI is InChI=1S/C19H22N6O4S2/c26-30(27,21-16-5-7-17(8-6-16)25-15-20-22-23-25)18-9-11-19(12-10-18)31(28,29)24-13-3-1-2-4-14-24/h5-12,15,21H,1-4,13-14H2. The first-order valence-corrected chi connectivity index (χ1v) is 12.8. The van der Waals surface area contributed by atoms with Gasteiger partial charge in [-0.25, -0.2) is 21.5 Å². The lowest BCUT2D eigenvalue weighted by Gasteiger charge is -2.20. The first-order chi connectivity index (χ1) is 14.9. The summed E-state index contributed by atoms with van der Waals surface area (Å²) in [6.45, 7) is 0.981. The van der Waals surface area contributed by atoms with Crippen LogP contribution in [0.4, 0.5) is 5.69 Å². The van der Waals surface area contributed by atoms with E-state index in [4.69, 9.17) is 0 Å². The molecule has 3 aromatic rings. The average molecular weight is 463 g/mol. The van der Waals surface area contributed by atoms with E-state index in [1.54, 1.807) is 24.3 Å². The zero-order valence-electron chi connectivity index (χ0n) is 16.6. The second-order valence-electron chi connectivity index (χ2n) is 7.20. The van der Waals surface area contributed by atoms with Crippen LogP contribution in [0.3, 0.4) is 0 Å². The molecule has 0 aliphatic carbocycles. The SMILES string of the molecule is O=S(=O)(Nc1ccc(-n2cnnn2)cc1)c1ccc(S(=O)(=O)N2CCCCCC2)cc1. The summed E-state index contributed by atoms with van der Waals surface area (Å²) in [5.74, 6) is 0. The molecule has 1 saturated heterocycles. The van der Waals surface area contributed by atoms with Crippen molar-refractivity contribution < 1.29 is 16.8 Å².